The molecule has 11 nitrogen and oxygen atoms in total. The number of hydrogen-bond donors (Lipinski definition) is 0. The first kappa shape index (κ1) is 18.8. The highest BCUT2D eigenvalue weighted by molar-refractivity contribution is 5.89. The van der Waals surface area contributed by atoms with Gasteiger partial charge in [0.2, 0.25) is 0 Å². The number of aromatic nitrogens is 8. The van der Waals surface area contributed by atoms with Gasteiger partial charge in [-0.3, -0.25) is 14.8 Å². The van der Waals surface area contributed by atoms with E-state index >= 15 is 0 Å². The molecule has 0 saturated carbocycles. The van der Waals surface area contributed by atoms with Crippen molar-refractivity contribution < 1.29 is 4.92 Å². The van der Waals surface area contributed by atoms with Crippen molar-refractivity contribution in [3.8, 4) is 17.1 Å². The van der Waals surface area contributed by atoms with E-state index in [4.69, 9.17) is 4.98 Å². The molecule has 0 aliphatic carbocycles. The Hall–Kier alpha value is -4.93. The van der Waals surface area contributed by atoms with Crippen LogP contribution in [0.4, 0.5) is 5.69 Å². The number of hydrogen-bond acceptors (Lipinski definition) is 7. The Morgan fingerprint density at radius 3 is 2.52 bits per heavy atom. The van der Waals surface area contributed by atoms with Crippen molar-refractivity contribution in [1.82, 2.24) is 39.1 Å². The van der Waals surface area contributed by atoms with Crippen molar-refractivity contribution >= 4 is 22.4 Å². The first-order valence-corrected chi connectivity index (χ1v) is 10.1. The molecule has 0 N–H and O–H groups in total. The standard InChI is InChI=1S/C22H15N9O2/c32-31(33)18-10-24-28(13-18)12-15-6-8-16(9-7-15)20-26-22-19-11-25-30(17-4-2-1-3-5-17)21(19)23-14-29(22)27-20/h1-11,13-14H,12H2. The Bertz CT molecular complexity index is 1610. The van der Waals surface area contributed by atoms with Crippen LogP contribution in [0.1, 0.15) is 5.56 Å². The van der Waals surface area contributed by atoms with Crippen LogP contribution in [0.15, 0.2) is 79.5 Å². The molecule has 0 aliphatic heterocycles. The van der Waals surface area contributed by atoms with Gasteiger partial charge in [0.05, 0.1) is 28.7 Å². The minimum absolute atomic E-state index is 0.0315. The van der Waals surface area contributed by atoms with Crippen molar-refractivity contribution in [1.29, 1.82) is 0 Å². The van der Waals surface area contributed by atoms with Crippen LogP contribution in [0.3, 0.4) is 0 Å². The zero-order valence-electron chi connectivity index (χ0n) is 17.1. The second-order valence-corrected chi connectivity index (χ2v) is 7.43. The first-order valence-electron chi connectivity index (χ1n) is 10.1. The van der Waals surface area contributed by atoms with Gasteiger partial charge in [0.1, 0.15) is 18.7 Å². The van der Waals surface area contributed by atoms with Gasteiger partial charge < -0.3 is 0 Å². The largest absolute Gasteiger partial charge is 0.307 e. The van der Waals surface area contributed by atoms with Crippen LogP contribution >= 0.6 is 0 Å². The van der Waals surface area contributed by atoms with Crippen molar-refractivity contribution in [3.63, 3.8) is 0 Å². The van der Waals surface area contributed by atoms with Crippen LogP contribution in [0.5, 0.6) is 0 Å². The maximum absolute atomic E-state index is 10.8. The molecule has 0 fully saturated rings. The number of fused-ring (bicyclic) bond motifs is 3. The van der Waals surface area contributed by atoms with Crippen LogP contribution < -0.4 is 0 Å². The Labute approximate surface area is 185 Å². The fourth-order valence-corrected chi connectivity index (χ4v) is 3.68. The highest BCUT2D eigenvalue weighted by atomic mass is 16.6. The Kier molecular flexibility index (Phi) is 4.18. The highest BCUT2D eigenvalue weighted by Crippen LogP contribution is 2.23. The van der Waals surface area contributed by atoms with Gasteiger partial charge in [0.15, 0.2) is 17.1 Å². The van der Waals surface area contributed by atoms with Gasteiger partial charge in [-0.05, 0) is 17.7 Å². The van der Waals surface area contributed by atoms with Crippen molar-refractivity contribution in [3.05, 3.63) is 95.2 Å². The molecule has 0 saturated heterocycles. The second-order valence-electron chi connectivity index (χ2n) is 7.43. The van der Waals surface area contributed by atoms with E-state index in [1.165, 1.54) is 17.1 Å². The molecule has 0 spiro atoms. The second kappa shape index (κ2) is 7.34. The molecule has 11 heteroatoms. The summed E-state index contributed by atoms with van der Waals surface area (Å²) in [6.07, 6.45) is 6.03. The molecular formula is C22H15N9O2. The third-order valence-electron chi connectivity index (χ3n) is 5.29. The van der Waals surface area contributed by atoms with Gasteiger partial charge in [-0.1, -0.05) is 42.5 Å². The van der Waals surface area contributed by atoms with Gasteiger partial charge in [0, 0.05) is 5.56 Å². The number of rotatable bonds is 5. The van der Waals surface area contributed by atoms with Crippen molar-refractivity contribution in [2.24, 2.45) is 0 Å². The molecule has 0 unspecified atom stereocenters. The molecule has 6 rings (SSSR count). The lowest BCUT2D eigenvalue weighted by Crippen LogP contribution is -1.99. The summed E-state index contributed by atoms with van der Waals surface area (Å²) >= 11 is 0. The summed E-state index contributed by atoms with van der Waals surface area (Å²) in [6, 6.07) is 17.5. The van der Waals surface area contributed by atoms with Crippen LogP contribution in [0.25, 0.3) is 33.8 Å². The summed E-state index contributed by atoms with van der Waals surface area (Å²) in [5, 5.41) is 24.7. The van der Waals surface area contributed by atoms with E-state index in [1.54, 1.807) is 21.7 Å². The summed E-state index contributed by atoms with van der Waals surface area (Å²) < 4.78 is 4.95. The fraction of sp³-hybridized carbons (Fsp3) is 0.0455. The minimum atomic E-state index is -0.461. The van der Waals surface area contributed by atoms with E-state index in [9.17, 15) is 10.1 Å². The van der Waals surface area contributed by atoms with Gasteiger partial charge in [-0.25, -0.2) is 19.2 Å². The van der Waals surface area contributed by atoms with E-state index in [1.807, 2.05) is 54.6 Å². The van der Waals surface area contributed by atoms with E-state index in [0.717, 1.165) is 22.2 Å². The number of benzene rings is 2. The first-order chi connectivity index (χ1) is 16.2. The summed E-state index contributed by atoms with van der Waals surface area (Å²) in [5.74, 6) is 0.568. The topological polar surface area (TPSA) is 122 Å². The minimum Gasteiger partial charge on any atom is -0.261 e. The summed E-state index contributed by atoms with van der Waals surface area (Å²) in [7, 11) is 0. The van der Waals surface area contributed by atoms with Crippen LogP contribution in [0.2, 0.25) is 0 Å². The lowest BCUT2D eigenvalue weighted by molar-refractivity contribution is -0.385. The molecule has 2 aromatic carbocycles. The predicted octanol–water partition coefficient (Wildman–Crippen LogP) is 3.28. The molecular weight excluding hydrogens is 422 g/mol. The quantitative estimate of drug-likeness (QED) is 0.300. The monoisotopic (exact) mass is 437 g/mol. The third-order valence-corrected chi connectivity index (χ3v) is 5.29. The van der Waals surface area contributed by atoms with Crippen LogP contribution in [0, 0.1) is 10.1 Å². The van der Waals surface area contributed by atoms with Crippen molar-refractivity contribution in [2.75, 3.05) is 0 Å². The molecule has 4 aromatic heterocycles. The Morgan fingerprint density at radius 2 is 1.76 bits per heavy atom. The Morgan fingerprint density at radius 1 is 0.939 bits per heavy atom. The summed E-state index contributed by atoms with van der Waals surface area (Å²) in [6.45, 7) is 0.427. The smallest absolute Gasteiger partial charge is 0.261 e. The number of nitro groups is 1. The average Bonchev–Trinajstić information content (AvgIpc) is 3.57. The lowest BCUT2D eigenvalue weighted by Gasteiger charge is -2.02. The fourth-order valence-electron chi connectivity index (χ4n) is 3.68. The highest BCUT2D eigenvalue weighted by Gasteiger charge is 2.15. The molecule has 0 atom stereocenters. The zero-order chi connectivity index (χ0) is 22.4. The Balaban J connectivity index is 1.31. The van der Waals surface area contributed by atoms with Crippen molar-refractivity contribution in [2.45, 2.75) is 6.54 Å². The van der Waals surface area contributed by atoms with E-state index in [-0.39, 0.29) is 5.69 Å². The predicted molar refractivity (Wildman–Crippen MR) is 119 cm³/mol. The maximum atomic E-state index is 10.8. The summed E-state index contributed by atoms with van der Waals surface area (Å²) in [4.78, 5) is 19.6. The molecule has 33 heavy (non-hydrogen) atoms. The maximum Gasteiger partial charge on any atom is 0.307 e. The zero-order valence-corrected chi connectivity index (χ0v) is 17.1. The average molecular weight is 437 g/mol. The normalized spacial score (nSPS) is 11.4. The number of nitrogens with zero attached hydrogens (tertiary/aromatic N) is 9. The molecule has 0 bridgehead atoms. The molecule has 0 aliphatic rings. The SMILES string of the molecule is O=[N+]([O-])c1cnn(Cc2ccc(-c3nc4c5cnn(-c6ccccc6)c5ncn4n3)cc2)c1. The molecule has 4 heterocycles. The van der Waals surface area contributed by atoms with Gasteiger partial charge in [-0.2, -0.15) is 10.2 Å². The third kappa shape index (κ3) is 3.28. The molecule has 0 radical (unpaired) electrons. The van der Waals surface area contributed by atoms with Crippen LogP contribution in [-0.2, 0) is 6.54 Å². The van der Waals surface area contributed by atoms with E-state index in [0.29, 0.717) is 23.7 Å². The molecule has 0 amide bonds. The van der Waals surface area contributed by atoms with Crippen LogP contribution in [-0.4, -0.2) is 44.1 Å². The number of para-hydroxylation sites is 1. The van der Waals surface area contributed by atoms with Gasteiger partial charge in [-0.15, -0.1) is 5.10 Å². The summed E-state index contributed by atoms with van der Waals surface area (Å²) in [5.41, 5.74) is 4.06. The lowest BCUT2D eigenvalue weighted by atomic mass is 10.1. The van der Waals surface area contributed by atoms with Gasteiger partial charge in [0.25, 0.3) is 0 Å². The van der Waals surface area contributed by atoms with E-state index < -0.39 is 4.92 Å². The molecule has 6 aromatic rings. The van der Waals surface area contributed by atoms with Gasteiger partial charge >= 0.3 is 5.69 Å². The molecule has 160 valence electrons. The van der Waals surface area contributed by atoms with E-state index in [2.05, 4.69) is 20.3 Å².